The van der Waals surface area contributed by atoms with Crippen LogP contribution in [0.2, 0.25) is 0 Å². The predicted octanol–water partition coefficient (Wildman–Crippen LogP) is 2.67. The second kappa shape index (κ2) is 3.62. The minimum atomic E-state index is 1.06. The third kappa shape index (κ3) is 1.54. The van der Waals surface area contributed by atoms with Crippen molar-refractivity contribution in [2.45, 2.75) is 20.3 Å². The van der Waals surface area contributed by atoms with Crippen molar-refractivity contribution in [2.24, 2.45) is 7.05 Å². The van der Waals surface area contributed by atoms with Crippen LogP contribution < -0.4 is 5.32 Å². The van der Waals surface area contributed by atoms with Crippen LogP contribution in [0.15, 0.2) is 18.2 Å². The topological polar surface area (TPSA) is 29.9 Å². The van der Waals surface area contributed by atoms with Crippen molar-refractivity contribution >= 4 is 5.69 Å². The van der Waals surface area contributed by atoms with Crippen LogP contribution in [-0.4, -0.2) is 16.3 Å². The van der Waals surface area contributed by atoms with E-state index in [0.29, 0.717) is 0 Å². The van der Waals surface area contributed by atoms with Crippen LogP contribution in [0.5, 0.6) is 0 Å². The SMILES string of the molecule is Cc1nn(C)c(C)c1-c1ccc2c(c1)CCN2. The van der Waals surface area contributed by atoms with Gasteiger partial charge in [-0.1, -0.05) is 6.07 Å². The molecule has 0 atom stereocenters. The summed E-state index contributed by atoms with van der Waals surface area (Å²) in [5.74, 6) is 0. The molecule has 1 aromatic carbocycles. The summed E-state index contributed by atoms with van der Waals surface area (Å²) in [7, 11) is 2.00. The number of hydrogen-bond donors (Lipinski definition) is 1. The summed E-state index contributed by atoms with van der Waals surface area (Å²) in [6.07, 6.45) is 1.13. The number of anilines is 1. The number of benzene rings is 1. The minimum absolute atomic E-state index is 1.06. The fourth-order valence-electron chi connectivity index (χ4n) is 2.65. The lowest BCUT2D eigenvalue weighted by molar-refractivity contribution is 0.731. The summed E-state index contributed by atoms with van der Waals surface area (Å²) in [6.45, 7) is 5.26. The van der Waals surface area contributed by atoms with Gasteiger partial charge in [-0.3, -0.25) is 4.68 Å². The van der Waals surface area contributed by atoms with E-state index < -0.39 is 0 Å². The largest absolute Gasteiger partial charge is 0.384 e. The van der Waals surface area contributed by atoms with Gasteiger partial charge in [0.2, 0.25) is 0 Å². The van der Waals surface area contributed by atoms with Crippen molar-refractivity contribution in [1.82, 2.24) is 9.78 Å². The number of rotatable bonds is 1. The monoisotopic (exact) mass is 227 g/mol. The van der Waals surface area contributed by atoms with E-state index in [2.05, 4.69) is 42.5 Å². The van der Waals surface area contributed by atoms with Crippen molar-refractivity contribution < 1.29 is 0 Å². The van der Waals surface area contributed by atoms with E-state index in [0.717, 1.165) is 18.7 Å². The first-order chi connectivity index (χ1) is 8.16. The van der Waals surface area contributed by atoms with Crippen molar-refractivity contribution in [3.05, 3.63) is 35.2 Å². The lowest BCUT2D eigenvalue weighted by Crippen LogP contribution is -1.92. The molecule has 3 nitrogen and oxygen atoms in total. The fourth-order valence-corrected chi connectivity index (χ4v) is 2.65. The Kier molecular flexibility index (Phi) is 2.21. The molecule has 0 fully saturated rings. The third-order valence-corrected chi connectivity index (χ3v) is 3.61. The quantitative estimate of drug-likeness (QED) is 0.811. The molecule has 0 saturated heterocycles. The first-order valence-corrected chi connectivity index (χ1v) is 6.04. The normalized spacial score (nSPS) is 13.6. The van der Waals surface area contributed by atoms with E-state index in [-0.39, 0.29) is 0 Å². The number of aryl methyl sites for hydroxylation is 2. The van der Waals surface area contributed by atoms with Crippen LogP contribution in [0.3, 0.4) is 0 Å². The van der Waals surface area contributed by atoms with Crippen LogP contribution in [0, 0.1) is 13.8 Å². The summed E-state index contributed by atoms with van der Waals surface area (Å²) in [6, 6.07) is 6.67. The fraction of sp³-hybridized carbons (Fsp3) is 0.357. The van der Waals surface area contributed by atoms with Crippen molar-refractivity contribution in [3.63, 3.8) is 0 Å². The van der Waals surface area contributed by atoms with E-state index in [1.807, 2.05) is 11.7 Å². The Morgan fingerprint density at radius 1 is 1.29 bits per heavy atom. The molecule has 0 spiro atoms. The van der Waals surface area contributed by atoms with Gasteiger partial charge in [-0.25, -0.2) is 0 Å². The van der Waals surface area contributed by atoms with Gasteiger partial charge in [0.1, 0.15) is 0 Å². The number of aromatic nitrogens is 2. The zero-order chi connectivity index (χ0) is 12.0. The molecule has 1 N–H and O–H groups in total. The molecule has 0 unspecified atom stereocenters. The lowest BCUT2D eigenvalue weighted by atomic mass is 10.0. The standard InChI is InChI=1S/C14H17N3/c1-9-14(10(2)17(3)16-9)12-4-5-13-11(8-12)6-7-15-13/h4-5,8,15H,6-7H2,1-3H3. The highest BCUT2D eigenvalue weighted by atomic mass is 15.3. The minimum Gasteiger partial charge on any atom is -0.384 e. The Bertz CT molecular complexity index is 581. The summed E-state index contributed by atoms with van der Waals surface area (Å²) >= 11 is 0. The first-order valence-electron chi connectivity index (χ1n) is 6.04. The molecule has 1 aliphatic rings. The van der Waals surface area contributed by atoms with Gasteiger partial charge < -0.3 is 5.32 Å². The smallest absolute Gasteiger partial charge is 0.0674 e. The molecule has 0 aliphatic carbocycles. The zero-order valence-corrected chi connectivity index (χ0v) is 10.5. The molecular weight excluding hydrogens is 210 g/mol. The van der Waals surface area contributed by atoms with Crippen LogP contribution >= 0.6 is 0 Å². The second-order valence-electron chi connectivity index (χ2n) is 4.72. The average molecular weight is 227 g/mol. The summed E-state index contributed by atoms with van der Waals surface area (Å²) in [5, 5.41) is 7.87. The third-order valence-electron chi connectivity index (χ3n) is 3.61. The maximum atomic E-state index is 4.48. The number of nitrogens with zero attached hydrogens (tertiary/aromatic N) is 2. The Hall–Kier alpha value is -1.77. The molecule has 1 aromatic heterocycles. The Labute approximate surface area is 101 Å². The highest BCUT2D eigenvalue weighted by Gasteiger charge is 2.15. The van der Waals surface area contributed by atoms with E-state index in [1.54, 1.807) is 0 Å². The van der Waals surface area contributed by atoms with Gasteiger partial charge in [0, 0.05) is 30.5 Å². The summed E-state index contributed by atoms with van der Waals surface area (Å²) in [4.78, 5) is 0. The van der Waals surface area contributed by atoms with Crippen LogP contribution in [0.25, 0.3) is 11.1 Å². The molecule has 3 heteroatoms. The van der Waals surface area contributed by atoms with Gasteiger partial charge >= 0.3 is 0 Å². The van der Waals surface area contributed by atoms with Gasteiger partial charge in [-0.15, -0.1) is 0 Å². The van der Waals surface area contributed by atoms with E-state index >= 15 is 0 Å². The lowest BCUT2D eigenvalue weighted by Gasteiger charge is -2.05. The van der Waals surface area contributed by atoms with Crippen molar-refractivity contribution in [3.8, 4) is 11.1 Å². The summed E-state index contributed by atoms with van der Waals surface area (Å²) < 4.78 is 1.95. The van der Waals surface area contributed by atoms with Gasteiger partial charge in [0.05, 0.1) is 5.69 Å². The van der Waals surface area contributed by atoms with Crippen LogP contribution in [0.1, 0.15) is 17.0 Å². The van der Waals surface area contributed by atoms with Gasteiger partial charge in [0.15, 0.2) is 0 Å². The molecule has 17 heavy (non-hydrogen) atoms. The Morgan fingerprint density at radius 3 is 2.82 bits per heavy atom. The molecule has 0 amide bonds. The van der Waals surface area contributed by atoms with E-state index in [4.69, 9.17) is 0 Å². The molecule has 2 aromatic rings. The molecular formula is C14H17N3. The maximum Gasteiger partial charge on any atom is 0.0674 e. The molecule has 0 bridgehead atoms. The van der Waals surface area contributed by atoms with Gasteiger partial charge in [-0.2, -0.15) is 5.10 Å². The van der Waals surface area contributed by atoms with Crippen molar-refractivity contribution in [2.75, 3.05) is 11.9 Å². The maximum absolute atomic E-state index is 4.48. The molecule has 0 radical (unpaired) electrons. The Morgan fingerprint density at radius 2 is 2.12 bits per heavy atom. The highest BCUT2D eigenvalue weighted by molar-refractivity contribution is 5.73. The van der Waals surface area contributed by atoms with Gasteiger partial charge in [0.25, 0.3) is 0 Å². The summed E-state index contributed by atoms with van der Waals surface area (Å²) in [5.41, 5.74) is 7.61. The van der Waals surface area contributed by atoms with E-state index in [1.165, 1.54) is 28.1 Å². The second-order valence-corrected chi connectivity index (χ2v) is 4.72. The average Bonchev–Trinajstić information content (AvgIpc) is 2.84. The highest BCUT2D eigenvalue weighted by Crippen LogP contribution is 2.31. The van der Waals surface area contributed by atoms with Crippen molar-refractivity contribution in [1.29, 1.82) is 0 Å². The van der Waals surface area contributed by atoms with Crippen LogP contribution in [-0.2, 0) is 13.5 Å². The number of nitrogens with one attached hydrogen (secondary N) is 1. The number of fused-ring (bicyclic) bond motifs is 1. The predicted molar refractivity (Wildman–Crippen MR) is 70.3 cm³/mol. The van der Waals surface area contributed by atoms with Gasteiger partial charge in [-0.05, 0) is 43.5 Å². The molecule has 1 aliphatic heterocycles. The van der Waals surface area contributed by atoms with E-state index in [9.17, 15) is 0 Å². The van der Waals surface area contributed by atoms with Crippen LogP contribution in [0.4, 0.5) is 5.69 Å². The molecule has 0 saturated carbocycles. The molecule has 88 valence electrons. The zero-order valence-electron chi connectivity index (χ0n) is 10.5. The first kappa shape index (κ1) is 10.4. The Balaban J connectivity index is 2.15. The molecule has 3 rings (SSSR count). The number of hydrogen-bond acceptors (Lipinski definition) is 2. The molecule has 2 heterocycles.